The van der Waals surface area contributed by atoms with Crippen molar-refractivity contribution in [1.29, 1.82) is 0 Å². The summed E-state index contributed by atoms with van der Waals surface area (Å²) in [6.45, 7) is 0. The molecule has 2 aromatic heterocycles. The first-order chi connectivity index (χ1) is 20.3. The van der Waals surface area contributed by atoms with Gasteiger partial charge in [0.2, 0.25) is 0 Å². The van der Waals surface area contributed by atoms with Crippen LogP contribution in [0.2, 0.25) is 0 Å². The monoisotopic (exact) mass is 522 g/mol. The molecule has 3 heteroatoms. The summed E-state index contributed by atoms with van der Waals surface area (Å²) >= 11 is 0. The van der Waals surface area contributed by atoms with Crippen molar-refractivity contribution in [2.24, 2.45) is 0 Å². The van der Waals surface area contributed by atoms with Crippen LogP contribution in [-0.4, -0.2) is 9.97 Å². The molecule has 190 valence electrons. The SMILES string of the molecule is c1ccc(-c2nc(-c3ccc4c(ccc5ccc6c(ccc7c8ccccc8oc76)c54)c3)nc3ccccc23)cc1. The molecule has 0 aliphatic heterocycles. The zero-order valence-electron chi connectivity index (χ0n) is 22.0. The summed E-state index contributed by atoms with van der Waals surface area (Å²) in [5.74, 6) is 0.728. The average molecular weight is 523 g/mol. The van der Waals surface area contributed by atoms with Crippen molar-refractivity contribution in [2.45, 2.75) is 0 Å². The highest BCUT2D eigenvalue weighted by Gasteiger charge is 2.15. The standard InChI is InChI=1S/C38H22N2O/c1-2-8-24(9-3-1)36-32-11-4-6-12-33(32)39-38(40-36)26-17-18-27-25(22-26)15-14-23-16-19-31-29(35(23)27)20-21-30-28-10-5-7-13-34(28)41-37(30)31/h1-22H. The molecule has 3 nitrogen and oxygen atoms in total. The molecule has 0 N–H and O–H groups in total. The number of hydrogen-bond acceptors (Lipinski definition) is 3. The van der Waals surface area contributed by atoms with Crippen molar-refractivity contribution in [1.82, 2.24) is 9.97 Å². The molecular formula is C38H22N2O. The minimum atomic E-state index is 0.728. The van der Waals surface area contributed by atoms with E-state index in [0.29, 0.717) is 0 Å². The summed E-state index contributed by atoms with van der Waals surface area (Å²) < 4.78 is 6.37. The molecule has 2 heterocycles. The maximum atomic E-state index is 6.37. The van der Waals surface area contributed by atoms with Gasteiger partial charge in [-0.25, -0.2) is 9.97 Å². The predicted molar refractivity (Wildman–Crippen MR) is 170 cm³/mol. The van der Waals surface area contributed by atoms with E-state index in [4.69, 9.17) is 14.4 Å². The molecule has 0 aliphatic rings. The third-order valence-corrected chi connectivity index (χ3v) is 8.24. The largest absolute Gasteiger partial charge is 0.455 e. The molecular weight excluding hydrogens is 500 g/mol. The highest BCUT2D eigenvalue weighted by molar-refractivity contribution is 6.26. The molecule has 9 aromatic rings. The maximum Gasteiger partial charge on any atom is 0.160 e. The van der Waals surface area contributed by atoms with Gasteiger partial charge < -0.3 is 4.42 Å². The van der Waals surface area contributed by atoms with Crippen LogP contribution in [0, 0.1) is 0 Å². The van der Waals surface area contributed by atoms with E-state index >= 15 is 0 Å². The Balaban J connectivity index is 1.28. The fraction of sp³-hybridized carbons (Fsp3) is 0. The smallest absolute Gasteiger partial charge is 0.160 e. The van der Waals surface area contributed by atoms with Crippen molar-refractivity contribution < 1.29 is 4.42 Å². The Kier molecular flexibility index (Phi) is 4.61. The summed E-state index contributed by atoms with van der Waals surface area (Å²) in [7, 11) is 0. The average Bonchev–Trinajstić information content (AvgIpc) is 3.43. The zero-order valence-corrected chi connectivity index (χ0v) is 22.0. The topological polar surface area (TPSA) is 38.9 Å². The lowest BCUT2D eigenvalue weighted by Gasteiger charge is -2.12. The van der Waals surface area contributed by atoms with Crippen molar-refractivity contribution in [3.8, 4) is 22.6 Å². The summed E-state index contributed by atoms with van der Waals surface area (Å²) in [6.07, 6.45) is 0. The Morgan fingerprint density at radius 2 is 1.12 bits per heavy atom. The third kappa shape index (κ3) is 3.33. The van der Waals surface area contributed by atoms with Gasteiger partial charge in [-0.2, -0.15) is 0 Å². The van der Waals surface area contributed by atoms with Crippen LogP contribution in [0.3, 0.4) is 0 Å². The van der Waals surface area contributed by atoms with Gasteiger partial charge in [-0.05, 0) is 57.3 Å². The van der Waals surface area contributed by atoms with Gasteiger partial charge >= 0.3 is 0 Å². The molecule has 0 saturated carbocycles. The number of benzene rings is 7. The van der Waals surface area contributed by atoms with Crippen LogP contribution in [0.25, 0.3) is 87.8 Å². The van der Waals surface area contributed by atoms with E-state index in [9.17, 15) is 0 Å². The summed E-state index contributed by atoms with van der Waals surface area (Å²) in [4.78, 5) is 10.1. The Hall–Kier alpha value is -5.54. The fourth-order valence-corrected chi connectivity index (χ4v) is 6.31. The Morgan fingerprint density at radius 1 is 0.439 bits per heavy atom. The first-order valence-corrected chi connectivity index (χ1v) is 13.8. The number of rotatable bonds is 2. The molecule has 0 spiro atoms. The first-order valence-electron chi connectivity index (χ1n) is 13.8. The van der Waals surface area contributed by atoms with Crippen molar-refractivity contribution >= 4 is 65.2 Å². The van der Waals surface area contributed by atoms with E-state index in [2.05, 4.69) is 103 Å². The highest BCUT2D eigenvalue weighted by Crippen LogP contribution is 2.39. The molecule has 0 radical (unpaired) electrons. The highest BCUT2D eigenvalue weighted by atomic mass is 16.3. The van der Waals surface area contributed by atoms with E-state index in [1.54, 1.807) is 0 Å². The van der Waals surface area contributed by atoms with Crippen LogP contribution in [0.1, 0.15) is 0 Å². The Morgan fingerprint density at radius 3 is 2.05 bits per heavy atom. The quantitative estimate of drug-likeness (QED) is 0.212. The van der Waals surface area contributed by atoms with Crippen LogP contribution in [0.5, 0.6) is 0 Å². The molecule has 0 unspecified atom stereocenters. The van der Waals surface area contributed by atoms with E-state index < -0.39 is 0 Å². The second kappa shape index (κ2) is 8.48. The van der Waals surface area contributed by atoms with Crippen LogP contribution in [-0.2, 0) is 0 Å². The van der Waals surface area contributed by atoms with Gasteiger partial charge in [0, 0.05) is 32.7 Å². The lowest BCUT2D eigenvalue weighted by atomic mass is 9.94. The number of fused-ring (bicyclic) bond motifs is 10. The molecule has 0 amide bonds. The van der Waals surface area contributed by atoms with Crippen molar-refractivity contribution in [3.05, 3.63) is 133 Å². The van der Waals surface area contributed by atoms with Gasteiger partial charge in [0.15, 0.2) is 5.82 Å². The Bertz CT molecular complexity index is 2470. The lowest BCUT2D eigenvalue weighted by molar-refractivity contribution is 0.672. The van der Waals surface area contributed by atoms with E-state index in [1.807, 2.05) is 30.3 Å². The molecule has 9 rings (SSSR count). The number of aromatic nitrogens is 2. The molecule has 0 saturated heterocycles. The molecule has 7 aromatic carbocycles. The minimum absolute atomic E-state index is 0.728. The van der Waals surface area contributed by atoms with E-state index in [0.717, 1.165) is 66.3 Å². The van der Waals surface area contributed by atoms with Gasteiger partial charge in [0.25, 0.3) is 0 Å². The van der Waals surface area contributed by atoms with Gasteiger partial charge in [0.1, 0.15) is 11.2 Å². The zero-order chi connectivity index (χ0) is 26.9. The second-order valence-electron chi connectivity index (χ2n) is 10.6. The number of hydrogen-bond donors (Lipinski definition) is 0. The molecule has 0 fully saturated rings. The van der Waals surface area contributed by atoms with Crippen molar-refractivity contribution in [2.75, 3.05) is 0 Å². The van der Waals surface area contributed by atoms with E-state index in [-0.39, 0.29) is 0 Å². The predicted octanol–water partition coefficient (Wildman–Crippen LogP) is 10.3. The fourth-order valence-electron chi connectivity index (χ4n) is 6.31. The Labute approximate surface area is 235 Å². The number of furan rings is 1. The molecule has 0 bridgehead atoms. The molecule has 0 atom stereocenters. The molecule has 0 aliphatic carbocycles. The van der Waals surface area contributed by atoms with Gasteiger partial charge in [-0.3, -0.25) is 0 Å². The van der Waals surface area contributed by atoms with Crippen LogP contribution in [0.4, 0.5) is 0 Å². The summed E-state index contributed by atoms with van der Waals surface area (Å²) in [5, 5.41) is 10.5. The summed E-state index contributed by atoms with van der Waals surface area (Å²) in [5.41, 5.74) is 5.84. The lowest BCUT2D eigenvalue weighted by Crippen LogP contribution is -1.95. The van der Waals surface area contributed by atoms with Crippen molar-refractivity contribution in [3.63, 3.8) is 0 Å². The van der Waals surface area contributed by atoms with Crippen LogP contribution in [0.15, 0.2) is 138 Å². The molecule has 41 heavy (non-hydrogen) atoms. The summed E-state index contributed by atoms with van der Waals surface area (Å²) in [6, 6.07) is 46.7. The first kappa shape index (κ1) is 22.3. The normalized spacial score (nSPS) is 11.9. The van der Waals surface area contributed by atoms with E-state index in [1.165, 1.54) is 21.5 Å². The van der Waals surface area contributed by atoms with Gasteiger partial charge in [-0.1, -0.05) is 103 Å². The van der Waals surface area contributed by atoms with Crippen LogP contribution < -0.4 is 0 Å². The third-order valence-electron chi connectivity index (χ3n) is 8.24. The second-order valence-corrected chi connectivity index (χ2v) is 10.6. The minimum Gasteiger partial charge on any atom is -0.455 e. The van der Waals surface area contributed by atoms with Gasteiger partial charge in [0.05, 0.1) is 11.2 Å². The number of nitrogens with zero attached hydrogens (tertiary/aromatic N) is 2. The number of para-hydroxylation sites is 2. The van der Waals surface area contributed by atoms with Crippen LogP contribution >= 0.6 is 0 Å². The van der Waals surface area contributed by atoms with Gasteiger partial charge in [-0.15, -0.1) is 0 Å². The maximum absolute atomic E-state index is 6.37.